The molecule has 2 aromatic rings. The van der Waals surface area contributed by atoms with E-state index in [-0.39, 0.29) is 17.7 Å². The molecule has 0 radical (unpaired) electrons. The lowest BCUT2D eigenvalue weighted by Crippen LogP contribution is -2.45. The Labute approximate surface area is 169 Å². The maximum Gasteiger partial charge on any atom is 0.229 e. The molecule has 0 spiro atoms. The number of carbonyl (C=O) groups is 2. The fourth-order valence-electron chi connectivity index (χ4n) is 3.12. The van der Waals surface area contributed by atoms with Crippen molar-refractivity contribution < 1.29 is 23.8 Å². The molecule has 1 N–H and O–H groups in total. The number of benzene rings is 1. The molecule has 1 aliphatic heterocycles. The Bertz CT molecular complexity index is 840. The Morgan fingerprint density at radius 2 is 2.00 bits per heavy atom. The van der Waals surface area contributed by atoms with Crippen LogP contribution in [0.2, 0.25) is 0 Å². The summed E-state index contributed by atoms with van der Waals surface area (Å²) in [6, 6.07) is 10.7. The largest absolute Gasteiger partial charge is 0.493 e. The monoisotopic (exact) mass is 399 g/mol. The van der Waals surface area contributed by atoms with E-state index in [2.05, 4.69) is 10.3 Å². The van der Waals surface area contributed by atoms with Gasteiger partial charge in [-0.05, 0) is 24.6 Å². The molecular weight excluding hydrogens is 374 g/mol. The number of carbonyl (C=O) groups excluding carboxylic acids is 2. The zero-order valence-corrected chi connectivity index (χ0v) is 16.6. The van der Waals surface area contributed by atoms with Gasteiger partial charge in [0.05, 0.1) is 31.5 Å². The Kier molecular flexibility index (Phi) is 7.02. The molecule has 2 amide bonds. The first-order valence-corrected chi connectivity index (χ1v) is 9.45. The number of nitrogens with one attached hydrogen (secondary N) is 1. The lowest BCUT2D eigenvalue weighted by molar-refractivity contribution is -0.137. The maximum atomic E-state index is 12.6. The first kappa shape index (κ1) is 20.6. The quantitative estimate of drug-likeness (QED) is 0.734. The number of aromatic nitrogens is 1. The average molecular weight is 399 g/mol. The number of piperidine rings is 1. The zero-order valence-electron chi connectivity index (χ0n) is 16.6. The van der Waals surface area contributed by atoms with Crippen molar-refractivity contribution >= 4 is 17.5 Å². The van der Waals surface area contributed by atoms with Crippen LogP contribution >= 0.6 is 0 Å². The molecule has 154 valence electrons. The predicted molar refractivity (Wildman–Crippen MR) is 107 cm³/mol. The van der Waals surface area contributed by atoms with Crippen molar-refractivity contribution in [2.75, 3.05) is 39.2 Å². The molecule has 8 nitrogen and oxygen atoms in total. The topological polar surface area (TPSA) is 90.0 Å². The Morgan fingerprint density at radius 3 is 2.69 bits per heavy atom. The van der Waals surface area contributed by atoms with Crippen LogP contribution in [0.3, 0.4) is 0 Å². The standard InChI is InChI=1S/C21H25N3O5/c1-27-12-11-24-14-15(7-10-20(24)25)21(26)23-16-8-9-19(22-13-16)29-18-6-4-3-5-17(18)28-2/h3-6,8-9,13,15H,7,10-12,14H2,1-2H3,(H,23,26). The molecule has 8 heteroatoms. The summed E-state index contributed by atoms with van der Waals surface area (Å²) in [5, 5.41) is 2.87. The van der Waals surface area contributed by atoms with Crippen molar-refractivity contribution in [1.29, 1.82) is 0 Å². The third-order valence-corrected chi connectivity index (χ3v) is 4.72. The van der Waals surface area contributed by atoms with E-state index in [4.69, 9.17) is 14.2 Å². The lowest BCUT2D eigenvalue weighted by Gasteiger charge is -2.31. The molecule has 1 unspecified atom stereocenters. The van der Waals surface area contributed by atoms with E-state index in [1.165, 1.54) is 0 Å². The van der Waals surface area contributed by atoms with Crippen LogP contribution < -0.4 is 14.8 Å². The van der Waals surface area contributed by atoms with Crippen LogP contribution in [0, 0.1) is 5.92 Å². The number of likely N-dealkylation sites (tertiary alicyclic amines) is 1. The van der Waals surface area contributed by atoms with Gasteiger partial charge in [0.1, 0.15) is 0 Å². The van der Waals surface area contributed by atoms with Gasteiger partial charge in [0.2, 0.25) is 17.7 Å². The van der Waals surface area contributed by atoms with Crippen LogP contribution in [0.25, 0.3) is 0 Å². The summed E-state index contributed by atoms with van der Waals surface area (Å²) in [7, 11) is 3.16. The van der Waals surface area contributed by atoms with Gasteiger partial charge < -0.3 is 24.4 Å². The Hall–Kier alpha value is -3.13. The summed E-state index contributed by atoms with van der Waals surface area (Å²) in [5.41, 5.74) is 0.572. The molecule has 29 heavy (non-hydrogen) atoms. The summed E-state index contributed by atoms with van der Waals surface area (Å²) < 4.78 is 16.0. The van der Waals surface area contributed by atoms with Crippen LogP contribution in [-0.2, 0) is 14.3 Å². The number of nitrogens with zero attached hydrogens (tertiary/aromatic N) is 2. The first-order valence-electron chi connectivity index (χ1n) is 9.45. The lowest BCUT2D eigenvalue weighted by atomic mass is 9.96. The molecule has 1 atom stereocenters. The van der Waals surface area contributed by atoms with Gasteiger partial charge in [-0.1, -0.05) is 12.1 Å². The van der Waals surface area contributed by atoms with Crippen molar-refractivity contribution in [3.8, 4) is 17.4 Å². The molecule has 1 aromatic carbocycles. The highest BCUT2D eigenvalue weighted by atomic mass is 16.5. The van der Waals surface area contributed by atoms with Crippen molar-refractivity contribution in [3.63, 3.8) is 0 Å². The van der Waals surface area contributed by atoms with Crippen molar-refractivity contribution in [1.82, 2.24) is 9.88 Å². The van der Waals surface area contributed by atoms with Crippen LogP contribution in [0.5, 0.6) is 17.4 Å². The maximum absolute atomic E-state index is 12.6. The number of methoxy groups -OCH3 is 2. The molecule has 1 aliphatic rings. The molecule has 1 fully saturated rings. The summed E-state index contributed by atoms with van der Waals surface area (Å²) in [4.78, 5) is 30.5. The normalized spacial score (nSPS) is 16.4. The molecule has 0 aliphatic carbocycles. The predicted octanol–water partition coefficient (Wildman–Crippen LogP) is 2.71. The number of ether oxygens (including phenoxy) is 3. The van der Waals surface area contributed by atoms with Gasteiger partial charge in [0.25, 0.3) is 0 Å². The molecular formula is C21H25N3O5. The van der Waals surface area contributed by atoms with Gasteiger partial charge in [0.15, 0.2) is 11.5 Å². The third kappa shape index (κ3) is 5.45. The second kappa shape index (κ2) is 9.88. The van der Waals surface area contributed by atoms with E-state index in [9.17, 15) is 9.59 Å². The van der Waals surface area contributed by atoms with Crippen molar-refractivity contribution in [3.05, 3.63) is 42.6 Å². The second-order valence-corrected chi connectivity index (χ2v) is 6.70. The SMILES string of the molecule is COCCN1CC(C(=O)Nc2ccc(Oc3ccccc3OC)nc2)CCC1=O. The Balaban J connectivity index is 1.58. The highest BCUT2D eigenvalue weighted by Crippen LogP contribution is 2.30. The summed E-state index contributed by atoms with van der Waals surface area (Å²) in [6.07, 6.45) is 2.45. The molecule has 1 saturated heterocycles. The van der Waals surface area contributed by atoms with Gasteiger partial charge in [-0.15, -0.1) is 0 Å². The summed E-state index contributed by atoms with van der Waals surface area (Å²) in [5.74, 6) is 1.24. The highest BCUT2D eigenvalue weighted by Gasteiger charge is 2.30. The third-order valence-electron chi connectivity index (χ3n) is 4.72. The second-order valence-electron chi connectivity index (χ2n) is 6.70. The summed E-state index contributed by atoms with van der Waals surface area (Å²) in [6.45, 7) is 1.35. The number of hydrogen-bond acceptors (Lipinski definition) is 6. The van der Waals surface area contributed by atoms with Gasteiger partial charge in [-0.2, -0.15) is 0 Å². The van der Waals surface area contributed by atoms with Gasteiger partial charge in [-0.25, -0.2) is 4.98 Å². The first-order chi connectivity index (χ1) is 14.1. The van der Waals surface area contributed by atoms with Crippen molar-refractivity contribution in [2.45, 2.75) is 12.8 Å². The van der Waals surface area contributed by atoms with Crippen molar-refractivity contribution in [2.24, 2.45) is 5.92 Å². The minimum absolute atomic E-state index is 0.0607. The minimum Gasteiger partial charge on any atom is -0.493 e. The average Bonchev–Trinajstić information content (AvgIpc) is 2.75. The van der Waals surface area contributed by atoms with Crippen LogP contribution in [-0.4, -0.2) is 55.6 Å². The van der Waals surface area contributed by atoms with Gasteiger partial charge >= 0.3 is 0 Å². The minimum atomic E-state index is -0.255. The van der Waals surface area contributed by atoms with E-state index in [1.807, 2.05) is 12.1 Å². The fraction of sp³-hybridized carbons (Fsp3) is 0.381. The molecule has 1 aromatic heterocycles. The number of rotatable bonds is 8. The van der Waals surface area contributed by atoms with Crippen LogP contribution in [0.15, 0.2) is 42.6 Å². The highest BCUT2D eigenvalue weighted by molar-refractivity contribution is 5.93. The van der Waals surface area contributed by atoms with E-state index >= 15 is 0 Å². The summed E-state index contributed by atoms with van der Waals surface area (Å²) >= 11 is 0. The van der Waals surface area contributed by atoms with E-state index in [0.717, 1.165) is 0 Å². The van der Waals surface area contributed by atoms with E-state index in [1.54, 1.807) is 49.6 Å². The molecule has 0 saturated carbocycles. The number of hydrogen-bond donors (Lipinski definition) is 1. The van der Waals surface area contributed by atoms with E-state index in [0.29, 0.717) is 55.6 Å². The fourth-order valence-corrected chi connectivity index (χ4v) is 3.12. The number of para-hydroxylation sites is 2. The molecule has 2 heterocycles. The molecule has 3 rings (SSSR count). The molecule has 0 bridgehead atoms. The zero-order chi connectivity index (χ0) is 20.6. The van der Waals surface area contributed by atoms with Gasteiger partial charge in [0, 0.05) is 32.7 Å². The van der Waals surface area contributed by atoms with Gasteiger partial charge in [-0.3, -0.25) is 9.59 Å². The number of pyridine rings is 1. The van der Waals surface area contributed by atoms with Crippen LogP contribution in [0.4, 0.5) is 5.69 Å². The number of amides is 2. The number of anilines is 1. The Morgan fingerprint density at radius 1 is 1.21 bits per heavy atom. The van der Waals surface area contributed by atoms with E-state index < -0.39 is 0 Å². The smallest absolute Gasteiger partial charge is 0.229 e. The van der Waals surface area contributed by atoms with Crippen LogP contribution in [0.1, 0.15) is 12.8 Å².